The third-order valence-corrected chi connectivity index (χ3v) is 18.5. The molecule has 0 fully saturated rings. The summed E-state index contributed by atoms with van der Waals surface area (Å²) in [5, 5.41) is 13.5. The SMILES string of the molecule is CCC[CH2][Sn]([CH2]CCC)([c]1ccccc1CN(C)C)[n]1nnc(C)n1. The molecule has 0 radical (unpaired) electrons. The fourth-order valence-electron chi connectivity index (χ4n) is 3.56. The summed E-state index contributed by atoms with van der Waals surface area (Å²) in [6.07, 6.45) is 4.93. The molecule has 138 valence electrons. The van der Waals surface area contributed by atoms with Crippen LogP contribution in [0.3, 0.4) is 0 Å². The third-order valence-electron chi connectivity index (χ3n) is 4.79. The molecule has 0 aliphatic carbocycles. The summed E-state index contributed by atoms with van der Waals surface area (Å²) in [7, 11) is 4.29. The number of rotatable bonds is 10. The van der Waals surface area contributed by atoms with Crippen molar-refractivity contribution in [3.05, 3.63) is 35.7 Å². The van der Waals surface area contributed by atoms with Gasteiger partial charge in [-0.05, 0) is 0 Å². The van der Waals surface area contributed by atoms with Crippen LogP contribution in [0.4, 0.5) is 0 Å². The van der Waals surface area contributed by atoms with Gasteiger partial charge in [-0.15, -0.1) is 0 Å². The molecule has 2 aromatic rings. The minimum atomic E-state index is -3.03. The van der Waals surface area contributed by atoms with Crippen LogP contribution < -0.4 is 3.58 Å². The molecule has 6 heteroatoms. The Bertz CT molecular complexity index is 645. The Balaban J connectivity index is 2.60. The number of nitrogens with zero attached hydrogens (tertiary/aromatic N) is 5. The van der Waals surface area contributed by atoms with E-state index in [0.29, 0.717) is 0 Å². The van der Waals surface area contributed by atoms with Crippen molar-refractivity contribution in [3.63, 3.8) is 0 Å². The molecule has 0 saturated carbocycles. The Morgan fingerprint density at radius 3 is 2.20 bits per heavy atom. The Morgan fingerprint density at radius 1 is 1.04 bits per heavy atom. The van der Waals surface area contributed by atoms with Gasteiger partial charge in [-0.3, -0.25) is 0 Å². The first-order valence-corrected chi connectivity index (χ1v) is 16.3. The van der Waals surface area contributed by atoms with Gasteiger partial charge in [0.05, 0.1) is 0 Å². The Labute approximate surface area is 157 Å². The summed E-state index contributed by atoms with van der Waals surface area (Å²) < 4.78 is 6.19. The van der Waals surface area contributed by atoms with E-state index in [1.54, 1.807) is 3.58 Å². The van der Waals surface area contributed by atoms with E-state index in [2.05, 4.69) is 70.4 Å². The molecule has 0 N–H and O–H groups in total. The summed E-state index contributed by atoms with van der Waals surface area (Å²) in [5.41, 5.74) is 1.45. The van der Waals surface area contributed by atoms with E-state index >= 15 is 0 Å². The van der Waals surface area contributed by atoms with Crippen molar-refractivity contribution in [1.82, 2.24) is 23.3 Å². The zero-order chi connectivity index (χ0) is 18.3. The molecule has 25 heavy (non-hydrogen) atoms. The second-order valence-corrected chi connectivity index (χ2v) is 18.7. The summed E-state index contributed by atoms with van der Waals surface area (Å²) in [6.45, 7) is 7.48. The van der Waals surface area contributed by atoms with Crippen LogP contribution >= 0.6 is 0 Å². The van der Waals surface area contributed by atoms with Gasteiger partial charge in [0.1, 0.15) is 0 Å². The van der Waals surface area contributed by atoms with E-state index in [0.717, 1.165) is 12.4 Å². The summed E-state index contributed by atoms with van der Waals surface area (Å²) in [5.74, 6) is 0.791. The first-order valence-electron chi connectivity index (χ1n) is 9.53. The fraction of sp³-hybridized carbons (Fsp3) is 0.632. The molecule has 0 aliphatic rings. The standard InChI is InChI=1S/C9H12N.2C4H9.C2H3N4.Sn/c1-10(2)8-9-6-4-3-5-7-9;2*1-3-4-2;1-2-3-5-6-4-2;/h3-6H,8H2,1-2H3;2*1,3-4H2,2H3;1H3;/q;;;-1;+1. The van der Waals surface area contributed by atoms with Crippen LogP contribution in [0.2, 0.25) is 8.87 Å². The maximum atomic E-state index is 4.76. The second-order valence-electron chi connectivity index (χ2n) is 7.26. The van der Waals surface area contributed by atoms with Crippen molar-refractivity contribution in [1.29, 1.82) is 0 Å². The molecule has 0 saturated heterocycles. The van der Waals surface area contributed by atoms with E-state index in [1.807, 2.05) is 6.92 Å². The zero-order valence-corrected chi connectivity index (χ0v) is 19.3. The first-order chi connectivity index (χ1) is 12.0. The summed E-state index contributed by atoms with van der Waals surface area (Å²) in [4.78, 5) is 2.26. The Morgan fingerprint density at radius 2 is 1.68 bits per heavy atom. The monoisotopic (exact) mass is 451 g/mol. The van der Waals surface area contributed by atoms with Crippen LogP contribution in [-0.2, 0) is 6.54 Å². The van der Waals surface area contributed by atoms with Gasteiger partial charge in [-0.1, -0.05) is 0 Å². The van der Waals surface area contributed by atoms with Gasteiger partial charge in [0.15, 0.2) is 0 Å². The van der Waals surface area contributed by atoms with Gasteiger partial charge < -0.3 is 0 Å². The van der Waals surface area contributed by atoms with Crippen molar-refractivity contribution >= 4 is 22.2 Å². The normalized spacial score (nSPS) is 12.1. The van der Waals surface area contributed by atoms with Gasteiger partial charge in [0.25, 0.3) is 0 Å². The molecule has 1 aromatic carbocycles. The fourth-order valence-corrected chi connectivity index (χ4v) is 17.8. The van der Waals surface area contributed by atoms with E-state index in [9.17, 15) is 0 Å². The molecular weight excluding hydrogens is 417 g/mol. The average Bonchev–Trinajstić information content (AvgIpc) is 3.03. The Hall–Kier alpha value is -0.951. The molecule has 0 aliphatic heterocycles. The van der Waals surface area contributed by atoms with E-state index in [4.69, 9.17) is 5.10 Å². The topological polar surface area (TPSA) is 46.8 Å². The van der Waals surface area contributed by atoms with Crippen molar-refractivity contribution in [3.8, 4) is 0 Å². The van der Waals surface area contributed by atoms with Crippen molar-refractivity contribution < 1.29 is 0 Å². The van der Waals surface area contributed by atoms with Gasteiger partial charge in [0, 0.05) is 0 Å². The zero-order valence-electron chi connectivity index (χ0n) is 16.5. The van der Waals surface area contributed by atoms with Crippen LogP contribution in [0.1, 0.15) is 50.9 Å². The van der Waals surface area contributed by atoms with E-state index in [-0.39, 0.29) is 0 Å². The molecule has 1 heterocycles. The maximum absolute atomic E-state index is 4.76. The number of unbranched alkanes of at least 4 members (excludes halogenated alkanes) is 2. The van der Waals surface area contributed by atoms with Gasteiger partial charge in [-0.2, -0.15) is 0 Å². The molecule has 0 atom stereocenters. The van der Waals surface area contributed by atoms with Gasteiger partial charge in [0.2, 0.25) is 0 Å². The quantitative estimate of drug-likeness (QED) is 0.522. The van der Waals surface area contributed by atoms with Crippen LogP contribution in [-0.4, -0.2) is 56.1 Å². The molecule has 0 spiro atoms. The number of benzene rings is 1. The van der Waals surface area contributed by atoms with E-state index < -0.39 is 18.7 Å². The van der Waals surface area contributed by atoms with Crippen LogP contribution in [0.5, 0.6) is 0 Å². The minimum absolute atomic E-state index is 0.791. The first kappa shape index (κ1) is 20.4. The molecule has 1 aromatic heterocycles. The number of hydrogen-bond donors (Lipinski definition) is 0. The average molecular weight is 450 g/mol. The number of aryl methyl sites for hydroxylation is 1. The number of tetrazole rings is 1. The van der Waals surface area contributed by atoms with Crippen molar-refractivity contribution in [2.75, 3.05) is 14.1 Å². The van der Waals surface area contributed by atoms with Gasteiger partial charge in [-0.25, -0.2) is 0 Å². The molecule has 0 amide bonds. The second kappa shape index (κ2) is 9.67. The molecule has 2 rings (SSSR count). The van der Waals surface area contributed by atoms with Crippen molar-refractivity contribution in [2.24, 2.45) is 0 Å². The summed E-state index contributed by atoms with van der Waals surface area (Å²) >= 11 is -3.03. The van der Waals surface area contributed by atoms with Gasteiger partial charge >= 0.3 is 157 Å². The van der Waals surface area contributed by atoms with Crippen LogP contribution in [0, 0.1) is 6.92 Å². The number of aromatic nitrogens is 4. The van der Waals surface area contributed by atoms with Crippen LogP contribution in [0.15, 0.2) is 24.3 Å². The predicted molar refractivity (Wildman–Crippen MR) is 107 cm³/mol. The van der Waals surface area contributed by atoms with Crippen molar-refractivity contribution in [2.45, 2.75) is 61.9 Å². The molecule has 5 nitrogen and oxygen atoms in total. The predicted octanol–water partition coefficient (Wildman–Crippen LogP) is 3.34. The van der Waals surface area contributed by atoms with E-state index in [1.165, 1.54) is 40.1 Å². The molecule has 0 bridgehead atoms. The summed E-state index contributed by atoms with van der Waals surface area (Å²) in [6, 6.07) is 9.02. The molecule has 0 unspecified atom stereocenters. The number of hydrogen-bond acceptors (Lipinski definition) is 4. The molecular formula is C19H33N5Sn. The van der Waals surface area contributed by atoms with Crippen LogP contribution in [0.25, 0.3) is 0 Å². The Kier molecular flexibility index (Phi) is 7.87. The third kappa shape index (κ3) is 5.03.